The van der Waals surface area contributed by atoms with Crippen molar-refractivity contribution >= 4 is 47.1 Å². The van der Waals surface area contributed by atoms with Gasteiger partial charge < -0.3 is 44.0 Å². The van der Waals surface area contributed by atoms with E-state index in [4.69, 9.17) is 28.4 Å². The van der Waals surface area contributed by atoms with E-state index in [2.05, 4.69) is 5.32 Å². The summed E-state index contributed by atoms with van der Waals surface area (Å²) in [5.74, 6) is -10.5. The number of Topliss-reactive ketones (excluding diaryl/α,β-unsaturated/α-hetero) is 2. The molecule has 7 rings (SSSR count). The van der Waals surface area contributed by atoms with Crippen molar-refractivity contribution in [2.75, 3.05) is 13.2 Å². The summed E-state index contributed by atoms with van der Waals surface area (Å²) in [6.45, 7) is 11.6. The summed E-state index contributed by atoms with van der Waals surface area (Å²) in [5, 5.41) is 28.4. The fraction of sp³-hybridized carbons (Fsp3) is 0.569. The van der Waals surface area contributed by atoms with Gasteiger partial charge in [-0.3, -0.25) is 24.0 Å². The van der Waals surface area contributed by atoms with E-state index in [9.17, 15) is 34.2 Å². The van der Waals surface area contributed by atoms with E-state index >= 15 is 14.4 Å². The molecule has 1 amide bonds. The molecule has 3 N–H and O–H groups in total. The molecule has 1 saturated heterocycles. The molecule has 0 aromatic heterocycles. The number of carbonyl (C=O) groups excluding carboxylic acids is 8. The zero-order valence-electron chi connectivity index (χ0n) is 39.6. The Kier molecular flexibility index (Phi) is 13.8. The van der Waals surface area contributed by atoms with Gasteiger partial charge in [0.05, 0.1) is 41.6 Å². The van der Waals surface area contributed by atoms with Gasteiger partial charge in [-0.05, 0) is 70.4 Å². The number of hydrogen-bond donors (Lipinski definition) is 3. The summed E-state index contributed by atoms with van der Waals surface area (Å²) < 4.78 is 36.5. The van der Waals surface area contributed by atoms with Gasteiger partial charge in [-0.25, -0.2) is 14.4 Å². The van der Waals surface area contributed by atoms with Crippen molar-refractivity contribution < 1.29 is 77.0 Å². The van der Waals surface area contributed by atoms with Crippen LogP contribution in [0.3, 0.4) is 0 Å². The molecule has 4 fully saturated rings. The van der Waals surface area contributed by atoms with E-state index in [0.29, 0.717) is 5.56 Å². The molecule has 2 aromatic rings. The number of allylic oxidation sites excluding steroid dienone is 2. The Bertz CT molecular complexity index is 2340. The van der Waals surface area contributed by atoms with E-state index in [1.54, 1.807) is 90.1 Å². The lowest BCUT2D eigenvalue weighted by molar-refractivity contribution is -0.350. The maximum Gasteiger partial charge on any atom is 0.408 e. The standard InChI is InChI=1S/C51H61NO16/c1-27-34(65-45(60)40(63-23-15-20-31-32(54)21-22-33(31)55)38(29-16-11-9-12-17-29)52-46(61)68-47(3,4)5)25-51(62)43(66-44(59)30-18-13-10-14-19-30)41-49(8,42(58)39(57)37(27)48(51,6)7)35(56)24-36-50(41,26-64-36)67-28(2)53/h9-14,16-19,21-22,27,31,34-38,40-41,43,56,62H,15,20,23-26H2,1-8H3,(H,52,61)/t27?,34-,35-,36+,37?,38-,40+,41-,43-,49+,50-,51+/m0/s1. The number of nitrogens with one attached hydrogen (secondary N) is 1. The average Bonchev–Trinajstić information content (AvgIpc) is 3.59. The fourth-order valence-electron chi connectivity index (χ4n) is 11.3. The van der Waals surface area contributed by atoms with Crippen LogP contribution in [0.2, 0.25) is 0 Å². The monoisotopic (exact) mass is 943 g/mol. The first-order chi connectivity index (χ1) is 31.9. The number of amides is 1. The van der Waals surface area contributed by atoms with Gasteiger partial charge in [0.25, 0.3) is 0 Å². The largest absolute Gasteiger partial charge is 0.460 e. The van der Waals surface area contributed by atoms with Crippen LogP contribution >= 0.6 is 0 Å². The van der Waals surface area contributed by atoms with E-state index in [1.807, 2.05) is 0 Å². The number of benzene rings is 2. The summed E-state index contributed by atoms with van der Waals surface area (Å²) in [4.78, 5) is 111. The second kappa shape index (κ2) is 18.7. The summed E-state index contributed by atoms with van der Waals surface area (Å²) in [6, 6.07) is 14.9. The molecule has 366 valence electrons. The molecule has 3 saturated carbocycles. The Balaban J connectivity index is 1.32. The molecule has 68 heavy (non-hydrogen) atoms. The van der Waals surface area contributed by atoms with Gasteiger partial charge in [-0.15, -0.1) is 0 Å². The topological polar surface area (TPSA) is 244 Å². The number of alkyl carbamates (subject to hydrolysis) is 1. The second-order valence-corrected chi connectivity index (χ2v) is 20.6. The van der Waals surface area contributed by atoms with Crippen LogP contribution in [0.15, 0.2) is 72.8 Å². The number of ether oxygens (including phenoxy) is 6. The summed E-state index contributed by atoms with van der Waals surface area (Å²) in [5.41, 5.74) is -8.46. The Labute approximate surface area is 394 Å². The number of ketones is 4. The third-order valence-electron chi connectivity index (χ3n) is 14.9. The van der Waals surface area contributed by atoms with Crippen molar-refractivity contribution in [1.29, 1.82) is 0 Å². The van der Waals surface area contributed by atoms with Gasteiger partial charge in [0, 0.05) is 43.6 Å². The predicted octanol–water partition coefficient (Wildman–Crippen LogP) is 4.53. The van der Waals surface area contributed by atoms with Crippen molar-refractivity contribution in [3.05, 3.63) is 83.9 Å². The quantitative estimate of drug-likeness (QED) is 0.0821. The molecule has 2 unspecified atom stereocenters. The van der Waals surface area contributed by atoms with Crippen LogP contribution in [-0.2, 0) is 57.2 Å². The van der Waals surface area contributed by atoms with Gasteiger partial charge in [0.2, 0.25) is 11.6 Å². The summed E-state index contributed by atoms with van der Waals surface area (Å²) >= 11 is 0. The minimum atomic E-state index is -2.40. The molecule has 2 bridgehead atoms. The number of esters is 3. The number of hydrogen-bond acceptors (Lipinski definition) is 16. The number of carbonyl (C=O) groups is 8. The number of aliphatic hydroxyl groups excluding tert-OH is 1. The first-order valence-corrected chi connectivity index (χ1v) is 23.1. The maximum absolute atomic E-state index is 15.1. The van der Waals surface area contributed by atoms with Gasteiger partial charge in [0.15, 0.2) is 23.3 Å². The van der Waals surface area contributed by atoms with Crippen LogP contribution in [0, 0.1) is 34.5 Å². The third-order valence-corrected chi connectivity index (χ3v) is 14.9. The van der Waals surface area contributed by atoms with Crippen LogP contribution in [-0.4, -0.2) is 118 Å². The average molecular weight is 944 g/mol. The first kappa shape index (κ1) is 50.3. The minimum absolute atomic E-state index is 0.0606. The molecule has 2 aromatic carbocycles. The smallest absolute Gasteiger partial charge is 0.408 e. The molecule has 0 spiro atoms. The Morgan fingerprint density at radius 1 is 0.912 bits per heavy atom. The molecule has 1 aliphatic heterocycles. The highest BCUT2D eigenvalue weighted by Crippen LogP contribution is 2.64. The van der Waals surface area contributed by atoms with Crippen molar-refractivity contribution in [1.82, 2.24) is 5.32 Å². The maximum atomic E-state index is 15.1. The lowest BCUT2D eigenvalue weighted by Gasteiger charge is -2.67. The zero-order chi connectivity index (χ0) is 49.7. The zero-order valence-corrected chi connectivity index (χ0v) is 39.6. The summed E-state index contributed by atoms with van der Waals surface area (Å²) in [7, 11) is 0. The number of fused-ring (bicyclic) bond motifs is 5. The van der Waals surface area contributed by atoms with E-state index < -0.39 is 130 Å². The normalized spacial score (nSPS) is 32.8. The molecule has 1 heterocycles. The third kappa shape index (κ3) is 8.93. The van der Waals surface area contributed by atoms with Crippen LogP contribution < -0.4 is 5.32 Å². The minimum Gasteiger partial charge on any atom is -0.460 e. The highest BCUT2D eigenvalue weighted by atomic mass is 16.6. The lowest BCUT2D eigenvalue weighted by Crippen LogP contribution is -2.82. The van der Waals surface area contributed by atoms with Crippen molar-refractivity contribution in [3.8, 4) is 0 Å². The lowest BCUT2D eigenvalue weighted by atomic mass is 9.42. The van der Waals surface area contributed by atoms with Crippen LogP contribution in [0.4, 0.5) is 4.79 Å². The van der Waals surface area contributed by atoms with Crippen LogP contribution in [0.5, 0.6) is 0 Å². The number of aliphatic hydroxyl groups is 2. The van der Waals surface area contributed by atoms with Crippen molar-refractivity contribution in [2.24, 2.45) is 34.5 Å². The highest BCUT2D eigenvalue weighted by Gasteiger charge is 2.79. The SMILES string of the molecule is CC(=O)O[C@@]12CO[C@@H]1C[C@H](O)[C@@]1(C)C(=O)C(=O)C3C(C)[C@@H](OC(=O)[C@H](OCCCC4C(=O)C=CC4=O)[C@@H](NC(=O)OC(C)(C)C)c4ccccc4)C[C@@](O)([C@@H](OC(=O)c4ccccc4)[C@H]21)C3(C)C. The van der Waals surface area contributed by atoms with E-state index in [1.165, 1.54) is 31.2 Å². The second-order valence-electron chi connectivity index (χ2n) is 20.6. The fourth-order valence-corrected chi connectivity index (χ4v) is 11.3. The van der Waals surface area contributed by atoms with E-state index in [-0.39, 0.29) is 49.6 Å². The van der Waals surface area contributed by atoms with Crippen LogP contribution in [0.25, 0.3) is 0 Å². The van der Waals surface area contributed by atoms with Gasteiger partial charge in [-0.2, -0.15) is 0 Å². The Morgan fingerprint density at radius 2 is 1.53 bits per heavy atom. The molecular formula is C51H61NO16. The van der Waals surface area contributed by atoms with Crippen molar-refractivity contribution in [2.45, 2.75) is 134 Å². The van der Waals surface area contributed by atoms with Crippen molar-refractivity contribution in [3.63, 3.8) is 0 Å². The van der Waals surface area contributed by atoms with Crippen LogP contribution in [0.1, 0.15) is 103 Å². The van der Waals surface area contributed by atoms with Gasteiger partial charge in [-0.1, -0.05) is 69.3 Å². The molecule has 0 radical (unpaired) electrons. The summed E-state index contributed by atoms with van der Waals surface area (Å²) in [6.07, 6.45) is -6.59. The molecular weight excluding hydrogens is 883 g/mol. The Morgan fingerprint density at radius 3 is 2.10 bits per heavy atom. The Hall–Kier alpha value is -5.62. The first-order valence-electron chi connectivity index (χ1n) is 23.1. The molecule has 17 heteroatoms. The van der Waals surface area contributed by atoms with Gasteiger partial charge >= 0.3 is 24.0 Å². The van der Waals surface area contributed by atoms with Gasteiger partial charge in [0.1, 0.15) is 29.5 Å². The van der Waals surface area contributed by atoms with E-state index in [0.717, 1.165) is 6.92 Å². The highest BCUT2D eigenvalue weighted by molar-refractivity contribution is 6.40. The molecule has 5 aliphatic rings. The molecule has 12 atom stereocenters. The number of rotatable bonds is 13. The molecule has 4 aliphatic carbocycles. The predicted molar refractivity (Wildman–Crippen MR) is 238 cm³/mol. The molecule has 17 nitrogen and oxygen atoms in total.